The van der Waals surface area contributed by atoms with Gasteiger partial charge in [-0.1, -0.05) is 0 Å². The van der Waals surface area contributed by atoms with E-state index in [1.807, 2.05) is 13.8 Å². The van der Waals surface area contributed by atoms with E-state index in [1.165, 1.54) is 24.3 Å². The molecule has 1 aliphatic rings. The molecule has 0 bridgehead atoms. The fraction of sp³-hybridized carbons (Fsp3) is 0.375. The van der Waals surface area contributed by atoms with E-state index >= 15 is 0 Å². The molecular formula is C16H20N4O3S. The number of aromatic nitrogens is 2. The molecule has 8 heteroatoms. The highest BCUT2D eigenvalue weighted by Crippen LogP contribution is 2.22. The van der Waals surface area contributed by atoms with Gasteiger partial charge in [0.2, 0.25) is 10.0 Å². The molecule has 0 atom stereocenters. The van der Waals surface area contributed by atoms with Gasteiger partial charge in [0.1, 0.15) is 5.82 Å². The molecule has 1 aliphatic carbocycles. The van der Waals surface area contributed by atoms with Crippen molar-refractivity contribution >= 4 is 21.7 Å². The maximum absolute atomic E-state index is 12.3. The molecule has 1 aromatic carbocycles. The Hall–Kier alpha value is -2.19. The monoisotopic (exact) mass is 348 g/mol. The fourth-order valence-corrected chi connectivity index (χ4v) is 3.59. The summed E-state index contributed by atoms with van der Waals surface area (Å²) in [6.45, 7) is 3.93. The first kappa shape index (κ1) is 16.7. The molecule has 2 N–H and O–H groups in total. The summed E-state index contributed by atoms with van der Waals surface area (Å²) >= 11 is 0. The van der Waals surface area contributed by atoms with Gasteiger partial charge in [-0.25, -0.2) is 17.8 Å². The molecule has 2 aromatic rings. The van der Waals surface area contributed by atoms with Gasteiger partial charge in [-0.2, -0.15) is 5.10 Å². The van der Waals surface area contributed by atoms with Gasteiger partial charge >= 0.3 is 0 Å². The summed E-state index contributed by atoms with van der Waals surface area (Å²) in [6, 6.07) is 7.79. The topological polar surface area (TPSA) is 93.1 Å². The van der Waals surface area contributed by atoms with E-state index < -0.39 is 10.0 Å². The standard InChI is InChI=1S/C16H20N4O3S/c1-11(2)20-15(9-10-17-20)18-16(21)12-3-7-14(8-4-12)24(22,23)19-13-5-6-13/h3-4,7-11,13,19H,5-6H2,1-2H3,(H,18,21). The predicted octanol–water partition coefficient (Wildman–Crippen LogP) is 2.16. The van der Waals surface area contributed by atoms with Crippen molar-refractivity contribution in [3.63, 3.8) is 0 Å². The molecule has 24 heavy (non-hydrogen) atoms. The minimum absolute atomic E-state index is 0.0503. The molecule has 1 saturated carbocycles. The molecule has 0 saturated heterocycles. The number of amides is 1. The van der Waals surface area contributed by atoms with E-state index in [-0.39, 0.29) is 22.9 Å². The second-order valence-corrected chi connectivity index (χ2v) is 7.84. The molecule has 7 nitrogen and oxygen atoms in total. The van der Waals surface area contributed by atoms with Crippen molar-refractivity contribution in [1.29, 1.82) is 0 Å². The first-order valence-corrected chi connectivity index (χ1v) is 9.32. The highest BCUT2D eigenvalue weighted by atomic mass is 32.2. The maximum Gasteiger partial charge on any atom is 0.256 e. The number of rotatable bonds is 6. The molecule has 3 rings (SSSR count). The van der Waals surface area contributed by atoms with Crippen LogP contribution in [0.15, 0.2) is 41.4 Å². The summed E-state index contributed by atoms with van der Waals surface area (Å²) in [6.07, 6.45) is 3.38. The summed E-state index contributed by atoms with van der Waals surface area (Å²) in [4.78, 5) is 12.5. The van der Waals surface area contributed by atoms with Gasteiger partial charge in [-0.3, -0.25) is 4.79 Å². The highest BCUT2D eigenvalue weighted by molar-refractivity contribution is 7.89. The first-order valence-electron chi connectivity index (χ1n) is 7.84. The Labute approximate surface area is 141 Å². The minimum atomic E-state index is -3.50. The lowest BCUT2D eigenvalue weighted by Crippen LogP contribution is -2.25. The molecule has 1 amide bonds. The quantitative estimate of drug-likeness (QED) is 0.836. The molecule has 0 spiro atoms. The van der Waals surface area contributed by atoms with E-state index in [0.717, 1.165) is 12.8 Å². The lowest BCUT2D eigenvalue weighted by molar-refractivity contribution is 0.102. The van der Waals surface area contributed by atoms with Gasteiger partial charge in [-0.15, -0.1) is 0 Å². The zero-order chi connectivity index (χ0) is 17.3. The second kappa shape index (κ2) is 6.37. The highest BCUT2D eigenvalue weighted by Gasteiger charge is 2.28. The van der Waals surface area contributed by atoms with Crippen molar-refractivity contribution in [1.82, 2.24) is 14.5 Å². The van der Waals surface area contributed by atoms with Gasteiger partial charge in [0, 0.05) is 23.7 Å². The number of hydrogen-bond acceptors (Lipinski definition) is 4. The van der Waals surface area contributed by atoms with Crippen molar-refractivity contribution in [2.24, 2.45) is 0 Å². The summed E-state index contributed by atoms with van der Waals surface area (Å²) in [5, 5.41) is 6.94. The van der Waals surface area contributed by atoms with Crippen molar-refractivity contribution < 1.29 is 13.2 Å². The molecular weight excluding hydrogens is 328 g/mol. The second-order valence-electron chi connectivity index (χ2n) is 6.13. The Bertz CT molecular complexity index is 836. The van der Waals surface area contributed by atoms with Crippen LogP contribution in [0.3, 0.4) is 0 Å². The van der Waals surface area contributed by atoms with Gasteiger partial charge < -0.3 is 5.32 Å². The number of benzene rings is 1. The fourth-order valence-electron chi connectivity index (χ4n) is 2.29. The summed E-state index contributed by atoms with van der Waals surface area (Å²) in [7, 11) is -3.50. The molecule has 128 valence electrons. The van der Waals surface area contributed by atoms with Crippen LogP contribution in [-0.4, -0.2) is 30.1 Å². The van der Waals surface area contributed by atoms with Crippen LogP contribution in [0, 0.1) is 0 Å². The van der Waals surface area contributed by atoms with Gasteiger partial charge in [0.15, 0.2) is 0 Å². The first-order chi connectivity index (χ1) is 11.4. The molecule has 0 unspecified atom stereocenters. The van der Waals surface area contributed by atoms with Crippen molar-refractivity contribution in [2.75, 3.05) is 5.32 Å². The molecule has 0 aliphatic heterocycles. The number of anilines is 1. The number of carbonyl (C=O) groups is 1. The zero-order valence-corrected chi connectivity index (χ0v) is 14.4. The minimum Gasteiger partial charge on any atom is -0.307 e. The Kier molecular flexibility index (Phi) is 4.42. The molecule has 1 aromatic heterocycles. The van der Waals surface area contributed by atoms with Gasteiger partial charge in [-0.05, 0) is 51.0 Å². The maximum atomic E-state index is 12.3. The van der Waals surface area contributed by atoms with Crippen molar-refractivity contribution in [3.8, 4) is 0 Å². The summed E-state index contributed by atoms with van der Waals surface area (Å²) < 4.78 is 28.5. The average Bonchev–Trinajstić information content (AvgIpc) is 3.21. The SMILES string of the molecule is CC(C)n1nccc1NC(=O)c1ccc(S(=O)(=O)NC2CC2)cc1. The van der Waals surface area contributed by atoms with Crippen LogP contribution in [-0.2, 0) is 10.0 Å². The summed E-state index contributed by atoms with van der Waals surface area (Å²) in [5.74, 6) is 0.290. The molecule has 0 radical (unpaired) electrons. The number of hydrogen-bond donors (Lipinski definition) is 2. The Morgan fingerprint density at radius 1 is 1.21 bits per heavy atom. The summed E-state index contributed by atoms with van der Waals surface area (Å²) in [5.41, 5.74) is 0.386. The van der Waals surface area contributed by atoms with Gasteiger partial charge in [0.25, 0.3) is 5.91 Å². The lowest BCUT2D eigenvalue weighted by Gasteiger charge is -2.12. The smallest absolute Gasteiger partial charge is 0.256 e. The number of sulfonamides is 1. The Balaban J connectivity index is 1.73. The lowest BCUT2D eigenvalue weighted by atomic mass is 10.2. The van der Waals surface area contributed by atoms with Gasteiger partial charge in [0.05, 0.1) is 11.1 Å². The van der Waals surface area contributed by atoms with Crippen LogP contribution in [0.2, 0.25) is 0 Å². The predicted molar refractivity (Wildman–Crippen MR) is 90.4 cm³/mol. The number of carbonyl (C=O) groups excluding carboxylic acids is 1. The third-order valence-electron chi connectivity index (χ3n) is 3.73. The van der Waals surface area contributed by atoms with E-state index in [1.54, 1.807) is 16.9 Å². The average molecular weight is 348 g/mol. The van der Waals surface area contributed by atoms with Crippen LogP contribution >= 0.6 is 0 Å². The Morgan fingerprint density at radius 2 is 1.88 bits per heavy atom. The van der Waals surface area contributed by atoms with Crippen LogP contribution < -0.4 is 10.0 Å². The third-order valence-corrected chi connectivity index (χ3v) is 5.26. The molecule has 1 fully saturated rings. The third kappa shape index (κ3) is 3.65. The van der Waals surface area contributed by atoms with Crippen LogP contribution in [0.5, 0.6) is 0 Å². The van der Waals surface area contributed by atoms with E-state index in [4.69, 9.17) is 0 Å². The normalized spacial score (nSPS) is 14.8. The van der Waals surface area contributed by atoms with E-state index in [9.17, 15) is 13.2 Å². The molecule has 1 heterocycles. The van der Waals surface area contributed by atoms with E-state index in [2.05, 4.69) is 15.1 Å². The zero-order valence-electron chi connectivity index (χ0n) is 13.6. The van der Waals surface area contributed by atoms with Crippen LogP contribution in [0.1, 0.15) is 43.1 Å². The largest absolute Gasteiger partial charge is 0.307 e. The van der Waals surface area contributed by atoms with E-state index in [0.29, 0.717) is 11.4 Å². The van der Waals surface area contributed by atoms with Crippen molar-refractivity contribution in [3.05, 3.63) is 42.1 Å². The Morgan fingerprint density at radius 3 is 2.46 bits per heavy atom. The van der Waals surface area contributed by atoms with Crippen LogP contribution in [0.25, 0.3) is 0 Å². The number of nitrogens with one attached hydrogen (secondary N) is 2. The van der Waals surface area contributed by atoms with Crippen LogP contribution in [0.4, 0.5) is 5.82 Å². The number of nitrogens with zero attached hydrogens (tertiary/aromatic N) is 2. The van der Waals surface area contributed by atoms with Crippen molar-refractivity contribution in [2.45, 2.75) is 43.7 Å².